The molecule has 0 spiro atoms. The zero-order chi connectivity index (χ0) is 12.4. The number of aryl methyl sites for hydroxylation is 1. The number of hydrogen-bond acceptors (Lipinski definition) is 2. The van der Waals surface area contributed by atoms with Crippen molar-refractivity contribution in [3.63, 3.8) is 0 Å². The molecule has 0 atom stereocenters. The zero-order valence-corrected chi connectivity index (χ0v) is 11.9. The molecule has 1 aromatic heterocycles. The summed E-state index contributed by atoms with van der Waals surface area (Å²) < 4.78 is 8.33. The number of halogens is 2. The largest absolute Gasteiger partial charge is 0.496 e. The first kappa shape index (κ1) is 12.5. The van der Waals surface area contributed by atoms with E-state index in [0.29, 0.717) is 11.6 Å². The molecule has 0 saturated carbocycles. The van der Waals surface area contributed by atoms with E-state index < -0.39 is 0 Å². The molecule has 2 rings (SSSR count). The second kappa shape index (κ2) is 5.10. The van der Waals surface area contributed by atoms with Crippen LogP contribution in [0.4, 0.5) is 0 Å². The van der Waals surface area contributed by atoms with E-state index in [1.807, 2.05) is 25.1 Å². The maximum Gasteiger partial charge on any atom is 0.125 e. The van der Waals surface area contributed by atoms with Crippen molar-refractivity contribution in [1.29, 1.82) is 0 Å². The molecule has 1 aromatic carbocycles. The van der Waals surface area contributed by atoms with Crippen LogP contribution in [0.15, 0.2) is 29.0 Å². The topological polar surface area (TPSA) is 27.1 Å². The molecule has 0 amide bonds. The lowest BCUT2D eigenvalue weighted by Crippen LogP contribution is -2.04. The Morgan fingerprint density at radius 2 is 2.24 bits per heavy atom. The number of methoxy groups -OCH3 is 1. The van der Waals surface area contributed by atoms with Gasteiger partial charge in [0.25, 0.3) is 0 Å². The summed E-state index contributed by atoms with van der Waals surface area (Å²) in [5.41, 5.74) is 1.07. The molecule has 0 radical (unpaired) electrons. The molecule has 2 aromatic rings. The molecule has 0 aliphatic carbocycles. The number of ether oxygens (including phenoxy) is 1. The molecule has 0 N–H and O–H groups in total. The van der Waals surface area contributed by atoms with Crippen LogP contribution < -0.4 is 4.74 Å². The second-order valence-electron chi connectivity index (χ2n) is 3.67. The molecule has 5 heteroatoms. The highest BCUT2D eigenvalue weighted by molar-refractivity contribution is 9.10. The van der Waals surface area contributed by atoms with Crippen LogP contribution in [0.2, 0.25) is 5.02 Å². The van der Waals surface area contributed by atoms with Crippen LogP contribution in [0.3, 0.4) is 0 Å². The highest BCUT2D eigenvalue weighted by Crippen LogP contribution is 2.25. The number of imidazole rings is 1. The molecule has 0 unspecified atom stereocenters. The summed E-state index contributed by atoms with van der Waals surface area (Å²) in [4.78, 5) is 4.23. The van der Waals surface area contributed by atoms with Gasteiger partial charge in [0.05, 0.1) is 19.9 Å². The van der Waals surface area contributed by atoms with E-state index in [1.54, 1.807) is 13.3 Å². The quantitative estimate of drug-likeness (QED) is 0.864. The number of nitrogens with zero attached hydrogens (tertiary/aromatic N) is 2. The third kappa shape index (κ3) is 2.64. The van der Waals surface area contributed by atoms with Gasteiger partial charge in [0.2, 0.25) is 0 Å². The first-order chi connectivity index (χ1) is 8.11. The van der Waals surface area contributed by atoms with Gasteiger partial charge in [-0.15, -0.1) is 0 Å². The molecular formula is C12H12BrClN2O. The summed E-state index contributed by atoms with van der Waals surface area (Å²) in [6.07, 6.45) is 1.79. The van der Waals surface area contributed by atoms with E-state index in [2.05, 4.69) is 25.5 Å². The summed E-state index contributed by atoms with van der Waals surface area (Å²) in [5.74, 6) is 1.74. The Bertz CT molecular complexity index is 520. The van der Waals surface area contributed by atoms with Crippen LogP contribution in [0.1, 0.15) is 11.4 Å². The normalized spacial score (nSPS) is 10.6. The minimum Gasteiger partial charge on any atom is -0.496 e. The fourth-order valence-corrected chi connectivity index (χ4v) is 2.30. The van der Waals surface area contributed by atoms with E-state index in [4.69, 9.17) is 16.3 Å². The van der Waals surface area contributed by atoms with Crippen molar-refractivity contribution in [3.05, 3.63) is 45.4 Å². The minimum atomic E-state index is 0.673. The van der Waals surface area contributed by atoms with Crippen molar-refractivity contribution in [2.75, 3.05) is 7.11 Å². The van der Waals surface area contributed by atoms with Gasteiger partial charge in [-0.3, -0.25) is 0 Å². The summed E-state index contributed by atoms with van der Waals surface area (Å²) in [6.45, 7) is 2.67. The van der Waals surface area contributed by atoms with Crippen LogP contribution in [-0.4, -0.2) is 16.7 Å². The summed E-state index contributed by atoms with van der Waals surface area (Å²) in [5, 5.41) is 0.673. The molecule has 0 aliphatic rings. The van der Waals surface area contributed by atoms with Crippen LogP contribution in [-0.2, 0) is 6.54 Å². The van der Waals surface area contributed by atoms with E-state index in [-0.39, 0.29) is 0 Å². The molecule has 90 valence electrons. The molecule has 3 nitrogen and oxygen atoms in total. The van der Waals surface area contributed by atoms with E-state index in [1.165, 1.54) is 0 Å². The van der Waals surface area contributed by atoms with Gasteiger partial charge in [0, 0.05) is 10.6 Å². The maximum absolute atomic E-state index is 5.93. The Labute approximate surface area is 114 Å². The van der Waals surface area contributed by atoms with Crippen LogP contribution in [0.5, 0.6) is 5.75 Å². The van der Waals surface area contributed by atoms with Gasteiger partial charge in [0.1, 0.15) is 16.2 Å². The van der Waals surface area contributed by atoms with Crippen molar-refractivity contribution in [2.45, 2.75) is 13.5 Å². The van der Waals surface area contributed by atoms with Gasteiger partial charge in [0.15, 0.2) is 0 Å². The molecule has 0 saturated heterocycles. The predicted octanol–water partition coefficient (Wildman–Crippen LogP) is 3.66. The molecular weight excluding hydrogens is 304 g/mol. The van der Waals surface area contributed by atoms with Crippen LogP contribution >= 0.6 is 27.5 Å². The smallest absolute Gasteiger partial charge is 0.125 e. The Kier molecular flexibility index (Phi) is 3.74. The van der Waals surface area contributed by atoms with Gasteiger partial charge < -0.3 is 9.30 Å². The lowest BCUT2D eigenvalue weighted by molar-refractivity contribution is 0.408. The average Bonchev–Trinajstić information content (AvgIpc) is 2.62. The third-order valence-corrected chi connectivity index (χ3v) is 3.45. The first-order valence-electron chi connectivity index (χ1n) is 5.12. The number of hydrogen-bond donors (Lipinski definition) is 0. The Balaban J connectivity index is 2.36. The average molecular weight is 316 g/mol. The lowest BCUT2D eigenvalue weighted by Gasteiger charge is -2.11. The molecule has 0 aliphatic heterocycles. The van der Waals surface area contributed by atoms with E-state index in [9.17, 15) is 0 Å². The number of benzene rings is 1. The van der Waals surface area contributed by atoms with Gasteiger partial charge in [-0.1, -0.05) is 17.7 Å². The Hall–Kier alpha value is -1.00. The highest BCUT2D eigenvalue weighted by Gasteiger charge is 2.09. The molecule has 1 heterocycles. The Morgan fingerprint density at radius 3 is 2.82 bits per heavy atom. The molecule has 0 bridgehead atoms. The SMILES string of the molecule is COc1cc(Cl)ccc1Cn1c(Br)cnc1C. The van der Waals surface area contributed by atoms with E-state index in [0.717, 1.165) is 21.7 Å². The second-order valence-corrected chi connectivity index (χ2v) is 4.92. The van der Waals surface area contributed by atoms with Gasteiger partial charge in [-0.25, -0.2) is 4.98 Å². The van der Waals surface area contributed by atoms with Crippen molar-refractivity contribution in [3.8, 4) is 5.75 Å². The fraction of sp³-hybridized carbons (Fsp3) is 0.250. The van der Waals surface area contributed by atoms with Crippen LogP contribution in [0, 0.1) is 6.92 Å². The van der Waals surface area contributed by atoms with Crippen molar-refractivity contribution >= 4 is 27.5 Å². The highest BCUT2D eigenvalue weighted by atomic mass is 79.9. The lowest BCUT2D eigenvalue weighted by atomic mass is 10.2. The van der Waals surface area contributed by atoms with E-state index >= 15 is 0 Å². The molecule has 17 heavy (non-hydrogen) atoms. The van der Waals surface area contributed by atoms with Crippen molar-refractivity contribution in [1.82, 2.24) is 9.55 Å². The van der Waals surface area contributed by atoms with Gasteiger partial charge in [-0.2, -0.15) is 0 Å². The minimum absolute atomic E-state index is 0.673. The first-order valence-corrected chi connectivity index (χ1v) is 6.29. The molecule has 0 fully saturated rings. The van der Waals surface area contributed by atoms with Crippen LogP contribution in [0.25, 0.3) is 0 Å². The standard InChI is InChI=1S/C12H12BrClN2O/c1-8-15-6-12(13)16(8)7-9-3-4-10(14)5-11(9)17-2/h3-6H,7H2,1-2H3. The van der Waals surface area contributed by atoms with Crippen molar-refractivity contribution < 1.29 is 4.74 Å². The summed E-state index contributed by atoms with van der Waals surface area (Å²) in [7, 11) is 1.64. The Morgan fingerprint density at radius 1 is 1.47 bits per heavy atom. The van der Waals surface area contributed by atoms with Gasteiger partial charge >= 0.3 is 0 Å². The fourth-order valence-electron chi connectivity index (χ4n) is 1.65. The van der Waals surface area contributed by atoms with Gasteiger partial charge in [-0.05, 0) is 35.0 Å². The number of aromatic nitrogens is 2. The predicted molar refractivity (Wildman–Crippen MR) is 71.8 cm³/mol. The number of rotatable bonds is 3. The summed E-state index contributed by atoms with van der Waals surface area (Å²) >= 11 is 9.40. The monoisotopic (exact) mass is 314 g/mol. The third-order valence-electron chi connectivity index (χ3n) is 2.58. The van der Waals surface area contributed by atoms with Crippen molar-refractivity contribution in [2.24, 2.45) is 0 Å². The maximum atomic E-state index is 5.93. The summed E-state index contributed by atoms with van der Waals surface area (Å²) in [6, 6.07) is 5.64. The zero-order valence-electron chi connectivity index (χ0n) is 9.58.